The Bertz CT molecular complexity index is 1390. The van der Waals surface area contributed by atoms with Gasteiger partial charge < -0.3 is 30.9 Å². The lowest BCUT2D eigenvalue weighted by Gasteiger charge is -2.20. The van der Waals surface area contributed by atoms with Gasteiger partial charge in [0.25, 0.3) is 5.91 Å². The van der Waals surface area contributed by atoms with E-state index in [0.29, 0.717) is 6.29 Å². The summed E-state index contributed by atoms with van der Waals surface area (Å²) in [5, 5.41) is 37.6. The lowest BCUT2D eigenvalue weighted by molar-refractivity contribution is -0.117. The second-order valence-electron chi connectivity index (χ2n) is 8.29. The van der Waals surface area contributed by atoms with Gasteiger partial charge in [0, 0.05) is 30.7 Å². The van der Waals surface area contributed by atoms with Crippen molar-refractivity contribution in [3.8, 4) is 17.0 Å². The van der Waals surface area contributed by atoms with E-state index in [1.165, 1.54) is 23.9 Å². The number of nitrogens with one attached hydrogen (secondary N) is 3. The summed E-state index contributed by atoms with van der Waals surface area (Å²) in [6.45, 7) is 0. The average molecular weight is 509 g/mol. The van der Waals surface area contributed by atoms with Crippen molar-refractivity contribution < 1.29 is 33.7 Å². The smallest absolute Gasteiger partial charge is 0.277 e. The molecule has 1 aliphatic rings. The Morgan fingerprint density at radius 2 is 1.95 bits per heavy atom. The maximum Gasteiger partial charge on any atom is 0.277 e. The SMILES string of the molecule is [B]C(O)(O)NC(=O)c1nnc(NC(=O)C2CC2)cc1Nc1cc(F)cc(-c2cc(C=O)n(C)n2)c1OC. The number of methoxy groups -OCH3 is 1. The minimum atomic E-state index is -3.06. The van der Waals surface area contributed by atoms with Gasteiger partial charge in [0.05, 0.1) is 24.2 Å². The number of aldehydes is 1. The number of hydrogen-bond acceptors (Lipinski definition) is 10. The number of aryl methyl sites for hydroxylation is 1. The van der Waals surface area contributed by atoms with Gasteiger partial charge in [-0.2, -0.15) is 5.10 Å². The molecule has 2 amide bonds. The van der Waals surface area contributed by atoms with E-state index in [2.05, 4.69) is 25.9 Å². The molecular formula is C22H21BFN7O6. The highest BCUT2D eigenvalue weighted by atomic mass is 19.1. The fraction of sp³-hybridized carbons (Fsp3) is 0.273. The molecule has 0 atom stereocenters. The highest BCUT2D eigenvalue weighted by molar-refractivity contribution is 6.15. The standard InChI is InChI=1S/C22H21BFN7O6/c1-31-12(9-32)7-14(30-31)13-5-11(24)6-16(19(13)37-2)25-15-8-17(26-20(33)10-3-4-10)28-29-18(15)21(34)27-22(23,35)36/h5-10,35-36H,3-4H2,1-2H3,(H,27,34)(H2,25,26,28,33). The minimum Gasteiger partial charge on any atom is -0.494 e. The van der Waals surface area contributed by atoms with Crippen molar-refractivity contribution in [1.82, 2.24) is 25.3 Å². The third-order valence-electron chi connectivity index (χ3n) is 5.35. The van der Waals surface area contributed by atoms with Gasteiger partial charge in [0.2, 0.25) is 5.91 Å². The summed E-state index contributed by atoms with van der Waals surface area (Å²) in [5.74, 6) is -5.26. The van der Waals surface area contributed by atoms with E-state index in [1.54, 1.807) is 12.4 Å². The van der Waals surface area contributed by atoms with Crippen LogP contribution in [-0.2, 0) is 11.8 Å². The molecule has 2 heterocycles. The third-order valence-corrected chi connectivity index (χ3v) is 5.35. The fourth-order valence-electron chi connectivity index (χ4n) is 3.48. The number of anilines is 3. The lowest BCUT2D eigenvalue weighted by atomic mass is 10.0. The van der Waals surface area contributed by atoms with Crippen LogP contribution in [0.3, 0.4) is 0 Å². The first-order chi connectivity index (χ1) is 17.5. The maximum atomic E-state index is 14.7. The Hall–Kier alpha value is -4.37. The number of aromatic nitrogens is 4. The van der Waals surface area contributed by atoms with Crippen LogP contribution in [0.2, 0.25) is 0 Å². The van der Waals surface area contributed by atoms with Gasteiger partial charge in [-0.3, -0.25) is 19.1 Å². The summed E-state index contributed by atoms with van der Waals surface area (Å²) in [4.78, 5) is 36.1. The number of nitrogens with zero attached hydrogens (tertiary/aromatic N) is 4. The van der Waals surface area contributed by atoms with Crippen molar-refractivity contribution in [2.75, 3.05) is 17.7 Å². The number of carbonyl (C=O) groups is 3. The van der Waals surface area contributed by atoms with Gasteiger partial charge in [-0.1, -0.05) is 0 Å². The number of aliphatic hydroxyl groups is 2. The van der Waals surface area contributed by atoms with Crippen LogP contribution in [0.1, 0.15) is 33.8 Å². The number of ether oxygens (including phenoxy) is 1. The molecule has 0 unspecified atom stereocenters. The molecule has 2 aromatic heterocycles. The van der Waals surface area contributed by atoms with E-state index >= 15 is 0 Å². The van der Waals surface area contributed by atoms with Crippen LogP contribution in [0.15, 0.2) is 24.3 Å². The quantitative estimate of drug-likeness (QED) is 0.154. The Balaban J connectivity index is 1.78. The largest absolute Gasteiger partial charge is 0.494 e. The fourth-order valence-corrected chi connectivity index (χ4v) is 3.48. The Morgan fingerprint density at radius 1 is 1.22 bits per heavy atom. The van der Waals surface area contributed by atoms with Crippen LogP contribution in [0.4, 0.5) is 21.6 Å². The average Bonchev–Trinajstić information content (AvgIpc) is 3.60. The van der Waals surface area contributed by atoms with E-state index in [-0.39, 0.29) is 51.7 Å². The van der Waals surface area contributed by atoms with Crippen molar-refractivity contribution in [2.45, 2.75) is 18.7 Å². The number of amides is 2. The molecule has 15 heteroatoms. The molecule has 1 saturated carbocycles. The zero-order valence-corrected chi connectivity index (χ0v) is 19.6. The number of carbonyl (C=O) groups excluding carboxylic acids is 3. The van der Waals surface area contributed by atoms with Gasteiger partial charge >= 0.3 is 0 Å². The molecule has 1 aromatic carbocycles. The zero-order chi connectivity index (χ0) is 26.9. The molecule has 1 fully saturated rings. The highest BCUT2D eigenvalue weighted by Gasteiger charge is 2.30. The molecule has 5 N–H and O–H groups in total. The summed E-state index contributed by atoms with van der Waals surface area (Å²) in [7, 11) is 7.91. The zero-order valence-electron chi connectivity index (χ0n) is 19.6. The van der Waals surface area contributed by atoms with Crippen molar-refractivity contribution in [3.05, 3.63) is 41.5 Å². The van der Waals surface area contributed by atoms with Gasteiger partial charge in [-0.25, -0.2) is 4.39 Å². The number of benzene rings is 1. The van der Waals surface area contributed by atoms with Crippen molar-refractivity contribution >= 4 is 43.1 Å². The van der Waals surface area contributed by atoms with E-state index < -0.39 is 23.2 Å². The summed E-state index contributed by atoms with van der Waals surface area (Å²) < 4.78 is 21.5. The topological polar surface area (TPSA) is 181 Å². The van der Waals surface area contributed by atoms with Gasteiger partial charge in [-0.05, 0) is 25.0 Å². The summed E-state index contributed by atoms with van der Waals surface area (Å²) in [6, 6.07) is 4.92. The van der Waals surface area contributed by atoms with Gasteiger partial charge in [0.1, 0.15) is 11.5 Å². The Morgan fingerprint density at radius 3 is 2.54 bits per heavy atom. The molecule has 0 bridgehead atoms. The van der Waals surface area contributed by atoms with Crippen LogP contribution in [0.25, 0.3) is 11.3 Å². The first-order valence-corrected chi connectivity index (χ1v) is 10.9. The molecule has 2 radical (unpaired) electrons. The van der Waals surface area contributed by atoms with Gasteiger partial charge in [0.15, 0.2) is 37.2 Å². The van der Waals surface area contributed by atoms with Crippen molar-refractivity contribution in [2.24, 2.45) is 13.0 Å². The van der Waals surface area contributed by atoms with Crippen LogP contribution >= 0.6 is 0 Å². The van der Waals surface area contributed by atoms with Crippen LogP contribution < -0.4 is 20.7 Å². The van der Waals surface area contributed by atoms with Crippen LogP contribution in [-0.4, -0.2) is 69.1 Å². The molecule has 0 spiro atoms. The number of hydrogen-bond donors (Lipinski definition) is 5. The first-order valence-electron chi connectivity index (χ1n) is 10.9. The summed E-state index contributed by atoms with van der Waals surface area (Å²) in [6.07, 6.45) is 2.06. The van der Waals surface area contributed by atoms with E-state index in [4.69, 9.17) is 12.6 Å². The third kappa shape index (κ3) is 5.90. The molecule has 13 nitrogen and oxygen atoms in total. The molecule has 0 aliphatic heterocycles. The molecule has 37 heavy (non-hydrogen) atoms. The van der Waals surface area contributed by atoms with E-state index in [1.807, 2.05) is 0 Å². The lowest BCUT2D eigenvalue weighted by Crippen LogP contribution is -2.49. The maximum absolute atomic E-state index is 14.7. The van der Waals surface area contributed by atoms with Crippen molar-refractivity contribution in [3.63, 3.8) is 0 Å². The van der Waals surface area contributed by atoms with E-state index in [0.717, 1.165) is 25.0 Å². The molecular weight excluding hydrogens is 488 g/mol. The van der Waals surface area contributed by atoms with Crippen LogP contribution in [0, 0.1) is 11.7 Å². The molecule has 4 rings (SSSR count). The monoisotopic (exact) mass is 509 g/mol. The number of halogens is 1. The minimum absolute atomic E-state index is 0.0149. The second kappa shape index (κ2) is 9.95. The Labute approximate surface area is 210 Å². The molecule has 1 aliphatic carbocycles. The summed E-state index contributed by atoms with van der Waals surface area (Å²) >= 11 is 0. The predicted molar refractivity (Wildman–Crippen MR) is 128 cm³/mol. The summed E-state index contributed by atoms with van der Waals surface area (Å²) in [5.41, 5.74) is 0.117. The molecule has 190 valence electrons. The highest BCUT2D eigenvalue weighted by Crippen LogP contribution is 2.39. The van der Waals surface area contributed by atoms with E-state index in [9.17, 15) is 29.0 Å². The predicted octanol–water partition coefficient (Wildman–Crippen LogP) is 0.424. The van der Waals surface area contributed by atoms with Crippen LogP contribution in [0.5, 0.6) is 5.75 Å². The first kappa shape index (κ1) is 25.7. The Kier molecular flexibility index (Phi) is 6.91. The number of rotatable bonds is 9. The molecule has 0 saturated heterocycles. The van der Waals surface area contributed by atoms with Crippen molar-refractivity contribution in [1.29, 1.82) is 0 Å². The normalized spacial score (nSPS) is 13.1. The second-order valence-corrected chi connectivity index (χ2v) is 8.29. The molecule has 3 aromatic rings. The van der Waals surface area contributed by atoms with Gasteiger partial charge in [-0.15, -0.1) is 10.2 Å².